The van der Waals surface area contributed by atoms with Gasteiger partial charge in [-0.25, -0.2) is 4.98 Å². The highest BCUT2D eigenvalue weighted by Gasteiger charge is 2.05. The minimum absolute atomic E-state index is 0.0780. The van der Waals surface area contributed by atoms with E-state index in [1.54, 1.807) is 17.4 Å². The Kier molecular flexibility index (Phi) is 3.45. The van der Waals surface area contributed by atoms with E-state index >= 15 is 0 Å². The van der Waals surface area contributed by atoms with Crippen LogP contribution in [0.5, 0.6) is 0 Å². The topological polar surface area (TPSA) is 36.4 Å². The molecule has 4 heteroatoms. The van der Waals surface area contributed by atoms with Crippen molar-refractivity contribution in [2.75, 3.05) is 25.6 Å². The number of aromatic nitrogens is 1. The zero-order chi connectivity index (χ0) is 9.84. The van der Waals surface area contributed by atoms with E-state index in [0.29, 0.717) is 0 Å². The van der Waals surface area contributed by atoms with Crippen molar-refractivity contribution in [1.82, 2.24) is 4.98 Å². The Morgan fingerprint density at radius 3 is 2.69 bits per heavy atom. The van der Waals surface area contributed by atoms with Crippen LogP contribution in [0.25, 0.3) is 6.08 Å². The number of aliphatic hydroxyl groups is 1. The smallest absolute Gasteiger partial charge is 0.185 e. The molecule has 3 nitrogen and oxygen atoms in total. The van der Waals surface area contributed by atoms with E-state index in [4.69, 9.17) is 5.11 Å². The third-order valence-corrected chi connectivity index (χ3v) is 2.87. The second-order valence-electron chi connectivity index (χ2n) is 2.93. The number of thiazole rings is 1. The Balaban J connectivity index is 2.90. The first-order chi connectivity index (χ1) is 6.15. The number of hydrogen-bond acceptors (Lipinski definition) is 4. The van der Waals surface area contributed by atoms with Crippen molar-refractivity contribution in [2.24, 2.45) is 0 Å². The van der Waals surface area contributed by atoms with Crippen LogP contribution in [0.15, 0.2) is 6.08 Å². The Hall–Kier alpha value is -0.870. The zero-order valence-electron chi connectivity index (χ0n) is 8.11. The second kappa shape index (κ2) is 4.39. The predicted molar refractivity (Wildman–Crippen MR) is 57.3 cm³/mol. The summed E-state index contributed by atoms with van der Waals surface area (Å²) < 4.78 is 0. The van der Waals surface area contributed by atoms with Gasteiger partial charge in [-0.15, -0.1) is 0 Å². The van der Waals surface area contributed by atoms with Gasteiger partial charge < -0.3 is 10.0 Å². The maximum Gasteiger partial charge on any atom is 0.185 e. The predicted octanol–water partition coefficient (Wildman–Crippen LogP) is 1.52. The van der Waals surface area contributed by atoms with Gasteiger partial charge in [0, 0.05) is 14.1 Å². The molecule has 0 spiro atoms. The lowest BCUT2D eigenvalue weighted by molar-refractivity contribution is 0.343. The fourth-order valence-corrected chi connectivity index (χ4v) is 1.82. The molecule has 72 valence electrons. The highest BCUT2D eigenvalue weighted by molar-refractivity contribution is 7.16. The van der Waals surface area contributed by atoms with Crippen molar-refractivity contribution in [2.45, 2.75) is 6.92 Å². The summed E-state index contributed by atoms with van der Waals surface area (Å²) in [5.41, 5.74) is 1.01. The van der Waals surface area contributed by atoms with Crippen molar-refractivity contribution in [1.29, 1.82) is 0 Å². The average molecular weight is 198 g/mol. The molecule has 1 aromatic heterocycles. The molecule has 0 bridgehead atoms. The van der Waals surface area contributed by atoms with Crippen LogP contribution in [0.2, 0.25) is 0 Å². The fourth-order valence-electron chi connectivity index (χ4n) is 0.899. The molecule has 0 radical (unpaired) electrons. The molecule has 13 heavy (non-hydrogen) atoms. The Morgan fingerprint density at radius 2 is 2.23 bits per heavy atom. The molecule has 0 unspecified atom stereocenters. The number of hydrogen-bond donors (Lipinski definition) is 1. The van der Waals surface area contributed by atoms with E-state index in [9.17, 15) is 0 Å². The van der Waals surface area contributed by atoms with Crippen molar-refractivity contribution in [3.05, 3.63) is 16.6 Å². The van der Waals surface area contributed by atoms with Gasteiger partial charge in [-0.1, -0.05) is 17.4 Å². The normalized spacial score (nSPS) is 11.1. The summed E-state index contributed by atoms with van der Waals surface area (Å²) in [6.07, 6.45) is 3.62. The molecule has 0 amide bonds. The maximum absolute atomic E-state index is 8.62. The average Bonchev–Trinajstić information content (AvgIpc) is 2.44. The third-order valence-electron chi connectivity index (χ3n) is 1.58. The molecule has 1 N–H and O–H groups in total. The highest BCUT2D eigenvalue weighted by atomic mass is 32.1. The zero-order valence-corrected chi connectivity index (χ0v) is 8.93. The van der Waals surface area contributed by atoms with E-state index in [-0.39, 0.29) is 6.61 Å². The summed E-state index contributed by atoms with van der Waals surface area (Å²) in [4.78, 5) is 7.46. The largest absolute Gasteiger partial charge is 0.392 e. The lowest BCUT2D eigenvalue weighted by Gasteiger charge is -2.04. The van der Waals surface area contributed by atoms with Crippen LogP contribution in [-0.4, -0.2) is 30.8 Å². The fraction of sp³-hybridized carbons (Fsp3) is 0.444. The van der Waals surface area contributed by atoms with E-state index in [2.05, 4.69) is 4.98 Å². The second-order valence-corrected chi connectivity index (χ2v) is 3.93. The van der Waals surface area contributed by atoms with Gasteiger partial charge >= 0.3 is 0 Å². The molecule has 1 rings (SSSR count). The van der Waals surface area contributed by atoms with Gasteiger partial charge in [0.1, 0.15) is 0 Å². The molecule has 0 aliphatic carbocycles. The molecule has 1 heterocycles. The number of anilines is 1. The maximum atomic E-state index is 8.62. The first kappa shape index (κ1) is 10.2. The Labute approximate surface area is 82.3 Å². The van der Waals surface area contributed by atoms with Gasteiger partial charge in [-0.05, 0) is 13.0 Å². The van der Waals surface area contributed by atoms with E-state index in [1.807, 2.05) is 32.0 Å². The molecule has 1 aromatic rings. The summed E-state index contributed by atoms with van der Waals surface area (Å²) in [7, 11) is 3.94. The molecule has 0 atom stereocenters. The van der Waals surface area contributed by atoms with Crippen molar-refractivity contribution < 1.29 is 5.11 Å². The van der Waals surface area contributed by atoms with Crippen LogP contribution < -0.4 is 4.90 Å². The van der Waals surface area contributed by atoms with Gasteiger partial charge in [0.2, 0.25) is 0 Å². The monoisotopic (exact) mass is 198 g/mol. The number of nitrogens with zero attached hydrogens (tertiary/aromatic N) is 2. The first-order valence-electron chi connectivity index (χ1n) is 4.07. The SMILES string of the molecule is Cc1nc(N(C)C)sc1/C=C/CO. The number of aryl methyl sites for hydroxylation is 1. The minimum Gasteiger partial charge on any atom is -0.392 e. The van der Waals surface area contributed by atoms with Crippen LogP contribution in [-0.2, 0) is 0 Å². The number of rotatable bonds is 3. The van der Waals surface area contributed by atoms with E-state index in [0.717, 1.165) is 15.7 Å². The molecule has 0 aromatic carbocycles. The van der Waals surface area contributed by atoms with Gasteiger partial charge in [0.25, 0.3) is 0 Å². The standard InChI is InChI=1S/C9H14N2OS/c1-7-8(5-4-6-12)13-9(10-7)11(2)3/h4-5,12H,6H2,1-3H3/b5-4+. The van der Waals surface area contributed by atoms with Crippen molar-refractivity contribution >= 4 is 22.5 Å². The van der Waals surface area contributed by atoms with Crippen molar-refractivity contribution in [3.8, 4) is 0 Å². The molecule has 0 saturated heterocycles. The van der Waals surface area contributed by atoms with Gasteiger partial charge in [-0.3, -0.25) is 0 Å². The molecule has 0 fully saturated rings. The van der Waals surface area contributed by atoms with E-state index < -0.39 is 0 Å². The van der Waals surface area contributed by atoms with Crippen LogP contribution in [0.1, 0.15) is 10.6 Å². The van der Waals surface area contributed by atoms with Gasteiger partial charge in [0.15, 0.2) is 5.13 Å². The molecular weight excluding hydrogens is 184 g/mol. The summed E-state index contributed by atoms with van der Waals surface area (Å²) in [6, 6.07) is 0. The molecule has 0 aliphatic heterocycles. The molecular formula is C9H14N2OS. The van der Waals surface area contributed by atoms with Crippen LogP contribution in [0.4, 0.5) is 5.13 Å². The van der Waals surface area contributed by atoms with Crippen LogP contribution >= 0.6 is 11.3 Å². The Bertz CT molecular complexity index is 305. The number of aliphatic hydroxyl groups excluding tert-OH is 1. The van der Waals surface area contributed by atoms with Crippen LogP contribution in [0, 0.1) is 6.92 Å². The molecule has 0 saturated carbocycles. The summed E-state index contributed by atoms with van der Waals surface area (Å²) in [5, 5.41) is 9.62. The van der Waals surface area contributed by atoms with Gasteiger partial charge in [0.05, 0.1) is 17.2 Å². The minimum atomic E-state index is 0.0780. The quantitative estimate of drug-likeness (QED) is 0.800. The molecule has 0 aliphatic rings. The third kappa shape index (κ3) is 2.54. The first-order valence-corrected chi connectivity index (χ1v) is 4.89. The lowest BCUT2D eigenvalue weighted by Crippen LogP contribution is -2.07. The lowest BCUT2D eigenvalue weighted by atomic mass is 10.3. The highest BCUT2D eigenvalue weighted by Crippen LogP contribution is 2.25. The summed E-state index contributed by atoms with van der Waals surface area (Å²) in [5.74, 6) is 0. The van der Waals surface area contributed by atoms with E-state index in [1.165, 1.54) is 0 Å². The van der Waals surface area contributed by atoms with Crippen LogP contribution in [0.3, 0.4) is 0 Å². The Morgan fingerprint density at radius 1 is 1.54 bits per heavy atom. The van der Waals surface area contributed by atoms with Gasteiger partial charge in [-0.2, -0.15) is 0 Å². The summed E-state index contributed by atoms with van der Waals surface area (Å²) in [6.45, 7) is 2.05. The summed E-state index contributed by atoms with van der Waals surface area (Å²) >= 11 is 1.62. The van der Waals surface area contributed by atoms with Crippen molar-refractivity contribution in [3.63, 3.8) is 0 Å².